The minimum absolute atomic E-state index is 0.0173. The molecule has 2 N–H and O–H groups in total. The number of hydrogen-bond acceptors (Lipinski definition) is 4. The number of carbonyl (C=O) groups excluding carboxylic acids is 2. The van der Waals surface area contributed by atoms with Gasteiger partial charge in [0.25, 0.3) is 15.9 Å². The van der Waals surface area contributed by atoms with E-state index in [-0.39, 0.29) is 22.3 Å². The van der Waals surface area contributed by atoms with E-state index < -0.39 is 15.9 Å². The molecule has 0 aromatic heterocycles. The molecule has 0 bridgehead atoms. The average molecular weight is 464 g/mol. The molecule has 1 fully saturated rings. The summed E-state index contributed by atoms with van der Waals surface area (Å²) in [6.45, 7) is 1.93. The number of hydrogen-bond donors (Lipinski definition) is 2. The van der Waals surface area contributed by atoms with Crippen molar-refractivity contribution in [1.29, 1.82) is 0 Å². The van der Waals surface area contributed by atoms with E-state index in [0.717, 1.165) is 18.4 Å². The van der Waals surface area contributed by atoms with Gasteiger partial charge >= 0.3 is 0 Å². The summed E-state index contributed by atoms with van der Waals surface area (Å²) in [5, 5.41) is 5.61. The molecular weight excluding hydrogens is 438 g/mol. The molecule has 1 saturated carbocycles. The minimum atomic E-state index is -3.85. The van der Waals surface area contributed by atoms with Crippen LogP contribution in [0.25, 0.3) is 0 Å². The summed E-state index contributed by atoms with van der Waals surface area (Å²) in [6.07, 6.45) is 1.81. The van der Waals surface area contributed by atoms with E-state index in [1.54, 1.807) is 42.5 Å². The molecule has 1 aliphatic rings. The van der Waals surface area contributed by atoms with Crippen LogP contribution in [-0.4, -0.2) is 27.3 Å². The van der Waals surface area contributed by atoms with Gasteiger partial charge in [0.05, 0.1) is 10.6 Å². The highest BCUT2D eigenvalue weighted by atomic mass is 32.2. The highest BCUT2D eigenvalue weighted by molar-refractivity contribution is 7.92. The maximum Gasteiger partial charge on any atom is 0.264 e. The second-order valence-corrected chi connectivity index (χ2v) is 10.1. The van der Waals surface area contributed by atoms with E-state index in [2.05, 4.69) is 10.6 Å². The second kappa shape index (κ2) is 9.07. The van der Waals surface area contributed by atoms with Crippen LogP contribution in [-0.2, 0) is 14.8 Å². The Morgan fingerprint density at radius 1 is 0.879 bits per heavy atom. The Bertz CT molecular complexity index is 1300. The Hall–Kier alpha value is -3.65. The van der Waals surface area contributed by atoms with Crippen LogP contribution in [0.5, 0.6) is 0 Å². The number of rotatable bonds is 7. The summed E-state index contributed by atoms with van der Waals surface area (Å²) in [4.78, 5) is 24.8. The third-order valence-electron chi connectivity index (χ3n) is 5.49. The van der Waals surface area contributed by atoms with Crippen molar-refractivity contribution in [2.24, 2.45) is 5.92 Å². The number of benzene rings is 3. The smallest absolute Gasteiger partial charge is 0.264 e. The molecule has 0 unspecified atom stereocenters. The summed E-state index contributed by atoms with van der Waals surface area (Å²) in [6, 6.07) is 19.9. The third kappa shape index (κ3) is 5.23. The van der Waals surface area contributed by atoms with Crippen LogP contribution < -0.4 is 14.9 Å². The Balaban J connectivity index is 1.50. The molecule has 0 spiro atoms. The van der Waals surface area contributed by atoms with Crippen LogP contribution in [0.2, 0.25) is 0 Å². The Morgan fingerprint density at radius 3 is 2.18 bits per heavy atom. The number of nitrogens with zero attached hydrogens (tertiary/aromatic N) is 1. The van der Waals surface area contributed by atoms with Crippen molar-refractivity contribution >= 4 is 38.9 Å². The van der Waals surface area contributed by atoms with Gasteiger partial charge in [-0.15, -0.1) is 0 Å². The molecule has 3 aromatic rings. The summed E-state index contributed by atoms with van der Waals surface area (Å²) >= 11 is 0. The molecular formula is C25H25N3O4S. The third-order valence-corrected chi connectivity index (χ3v) is 7.27. The molecule has 0 saturated heterocycles. The normalized spacial score (nSPS) is 13.3. The molecule has 1 aliphatic carbocycles. The molecule has 3 aromatic carbocycles. The average Bonchev–Trinajstić information content (AvgIpc) is 3.65. The monoisotopic (exact) mass is 463 g/mol. The molecule has 0 atom stereocenters. The first-order chi connectivity index (χ1) is 15.7. The lowest BCUT2D eigenvalue weighted by Crippen LogP contribution is -2.26. The van der Waals surface area contributed by atoms with E-state index in [4.69, 9.17) is 0 Å². The molecule has 7 nitrogen and oxygen atoms in total. The quantitative estimate of drug-likeness (QED) is 0.542. The first-order valence-electron chi connectivity index (χ1n) is 10.6. The van der Waals surface area contributed by atoms with Crippen molar-refractivity contribution in [3.8, 4) is 0 Å². The molecule has 4 rings (SSSR count). The van der Waals surface area contributed by atoms with Crippen LogP contribution in [0.15, 0.2) is 77.7 Å². The number of carbonyl (C=O) groups is 2. The van der Waals surface area contributed by atoms with E-state index in [1.807, 2.05) is 19.1 Å². The summed E-state index contributed by atoms with van der Waals surface area (Å²) in [7, 11) is -2.37. The van der Waals surface area contributed by atoms with Crippen LogP contribution in [0.1, 0.15) is 28.8 Å². The zero-order valence-electron chi connectivity index (χ0n) is 18.4. The van der Waals surface area contributed by atoms with Crippen molar-refractivity contribution in [2.75, 3.05) is 22.0 Å². The standard InChI is InChI=1S/C25H25N3O4S/c1-17-9-13-22(14-10-17)28(2)33(31,32)23-8-3-5-19(15-23)25(30)27-21-7-4-6-20(16-21)26-24(29)18-11-12-18/h3-10,13-16,18H,11-12H2,1-2H3,(H,26,29)(H,27,30). The van der Waals surface area contributed by atoms with Crippen LogP contribution in [0, 0.1) is 12.8 Å². The predicted octanol–water partition coefficient (Wildman–Crippen LogP) is 4.42. The number of nitrogens with one attached hydrogen (secondary N) is 2. The largest absolute Gasteiger partial charge is 0.326 e. The number of sulfonamides is 1. The molecule has 0 radical (unpaired) electrons. The molecule has 0 aliphatic heterocycles. The molecule has 2 amide bonds. The van der Waals surface area contributed by atoms with E-state index >= 15 is 0 Å². The van der Waals surface area contributed by atoms with Crippen molar-refractivity contribution in [3.63, 3.8) is 0 Å². The molecule has 8 heteroatoms. The Kier molecular flexibility index (Phi) is 6.20. The second-order valence-electron chi connectivity index (χ2n) is 8.13. The predicted molar refractivity (Wildman–Crippen MR) is 129 cm³/mol. The van der Waals surface area contributed by atoms with Gasteiger partial charge in [0.15, 0.2) is 0 Å². The fraction of sp³-hybridized carbons (Fsp3) is 0.200. The fourth-order valence-electron chi connectivity index (χ4n) is 3.32. The zero-order valence-corrected chi connectivity index (χ0v) is 19.2. The molecule has 0 heterocycles. The van der Waals surface area contributed by atoms with Gasteiger partial charge in [-0.2, -0.15) is 0 Å². The highest BCUT2D eigenvalue weighted by Gasteiger charge is 2.29. The summed E-state index contributed by atoms with van der Waals surface area (Å²) in [5.41, 5.74) is 2.86. The van der Waals surface area contributed by atoms with Crippen molar-refractivity contribution in [1.82, 2.24) is 0 Å². The van der Waals surface area contributed by atoms with Gasteiger partial charge in [-0.1, -0.05) is 29.8 Å². The topological polar surface area (TPSA) is 95.6 Å². The lowest BCUT2D eigenvalue weighted by Gasteiger charge is -2.20. The first kappa shape index (κ1) is 22.5. The van der Waals surface area contributed by atoms with E-state index in [9.17, 15) is 18.0 Å². The SMILES string of the molecule is Cc1ccc(N(C)S(=O)(=O)c2cccc(C(=O)Nc3cccc(NC(=O)C4CC4)c3)c2)cc1. The lowest BCUT2D eigenvalue weighted by molar-refractivity contribution is -0.117. The van der Waals surface area contributed by atoms with Gasteiger partial charge in [-0.3, -0.25) is 13.9 Å². The van der Waals surface area contributed by atoms with Crippen LogP contribution in [0.4, 0.5) is 17.1 Å². The summed E-state index contributed by atoms with van der Waals surface area (Å²) in [5.74, 6) is -0.393. The van der Waals surface area contributed by atoms with Crippen molar-refractivity contribution in [3.05, 3.63) is 83.9 Å². The minimum Gasteiger partial charge on any atom is -0.326 e. The van der Waals surface area contributed by atoms with Crippen LogP contribution in [0.3, 0.4) is 0 Å². The maximum absolute atomic E-state index is 13.1. The Labute approximate surface area is 193 Å². The zero-order chi connectivity index (χ0) is 23.6. The fourth-order valence-corrected chi connectivity index (χ4v) is 4.56. The molecule has 170 valence electrons. The highest BCUT2D eigenvalue weighted by Crippen LogP contribution is 2.30. The van der Waals surface area contributed by atoms with E-state index in [1.165, 1.54) is 29.6 Å². The number of anilines is 3. The van der Waals surface area contributed by atoms with E-state index in [0.29, 0.717) is 17.1 Å². The van der Waals surface area contributed by atoms with Gasteiger partial charge in [0.1, 0.15) is 0 Å². The van der Waals surface area contributed by atoms with Crippen molar-refractivity contribution in [2.45, 2.75) is 24.7 Å². The van der Waals surface area contributed by atoms with Gasteiger partial charge in [-0.25, -0.2) is 8.42 Å². The first-order valence-corrected chi connectivity index (χ1v) is 12.1. The molecule has 33 heavy (non-hydrogen) atoms. The van der Waals surface area contributed by atoms with Gasteiger partial charge < -0.3 is 10.6 Å². The maximum atomic E-state index is 13.1. The lowest BCUT2D eigenvalue weighted by atomic mass is 10.2. The summed E-state index contributed by atoms with van der Waals surface area (Å²) < 4.78 is 27.4. The van der Waals surface area contributed by atoms with Gasteiger partial charge in [-0.05, 0) is 68.3 Å². The van der Waals surface area contributed by atoms with Gasteiger partial charge in [0.2, 0.25) is 5.91 Å². The number of amides is 2. The van der Waals surface area contributed by atoms with Gasteiger partial charge in [0, 0.05) is 29.9 Å². The Morgan fingerprint density at radius 2 is 1.52 bits per heavy atom. The van der Waals surface area contributed by atoms with Crippen molar-refractivity contribution < 1.29 is 18.0 Å². The number of aryl methyl sites for hydroxylation is 1. The van der Waals surface area contributed by atoms with Crippen LogP contribution >= 0.6 is 0 Å².